The number of halogens is 3. The predicted molar refractivity (Wildman–Crippen MR) is 72.9 cm³/mol. The number of anilines is 1. The second-order valence-corrected chi connectivity index (χ2v) is 4.53. The van der Waals surface area contributed by atoms with E-state index in [1.165, 1.54) is 12.1 Å². The number of amides is 1. The van der Waals surface area contributed by atoms with Crippen molar-refractivity contribution in [3.63, 3.8) is 0 Å². The van der Waals surface area contributed by atoms with E-state index >= 15 is 0 Å². The highest BCUT2D eigenvalue weighted by Crippen LogP contribution is 2.20. The Morgan fingerprint density at radius 2 is 2.00 bits per heavy atom. The van der Waals surface area contributed by atoms with E-state index in [-0.39, 0.29) is 12.1 Å². The fourth-order valence-corrected chi connectivity index (χ4v) is 1.69. The summed E-state index contributed by atoms with van der Waals surface area (Å²) in [5.74, 6) is -0.661. The first-order valence-electron chi connectivity index (χ1n) is 5.99. The van der Waals surface area contributed by atoms with Crippen molar-refractivity contribution in [3.8, 4) is 0 Å². The maximum Gasteiger partial charge on any atom is 0.406 e. The quantitative estimate of drug-likeness (QED) is 0.777. The van der Waals surface area contributed by atoms with Gasteiger partial charge in [0.2, 0.25) is 0 Å². The van der Waals surface area contributed by atoms with E-state index < -0.39 is 18.6 Å². The molecule has 0 saturated carbocycles. The average molecular weight is 286 g/mol. The number of hydrogen-bond acceptors (Lipinski definition) is 2. The van der Waals surface area contributed by atoms with E-state index in [1.807, 2.05) is 0 Å². The number of carbonyl (C=O) groups excluding carboxylic acids is 1. The average Bonchev–Trinajstić information content (AvgIpc) is 2.36. The Labute approximate surface area is 116 Å². The summed E-state index contributed by atoms with van der Waals surface area (Å²) in [6.07, 6.45) is -3.16. The first-order chi connectivity index (χ1) is 9.24. The van der Waals surface area contributed by atoms with Gasteiger partial charge in [0, 0.05) is 31.9 Å². The minimum atomic E-state index is -4.43. The van der Waals surface area contributed by atoms with Crippen LogP contribution in [0.4, 0.5) is 18.9 Å². The smallest absolute Gasteiger partial charge is 0.378 e. The van der Waals surface area contributed by atoms with Gasteiger partial charge >= 0.3 is 6.18 Å². The van der Waals surface area contributed by atoms with Gasteiger partial charge in [0.05, 0.1) is 0 Å². The minimum absolute atomic E-state index is 0.148. The molecule has 0 aliphatic carbocycles. The van der Waals surface area contributed by atoms with Crippen LogP contribution in [0.1, 0.15) is 10.4 Å². The van der Waals surface area contributed by atoms with Crippen molar-refractivity contribution in [1.82, 2.24) is 4.90 Å². The van der Waals surface area contributed by atoms with E-state index in [9.17, 15) is 18.0 Å². The number of rotatable bonds is 5. The number of nitrogens with zero attached hydrogens (tertiary/aromatic N) is 2. The molecule has 0 unspecified atom stereocenters. The van der Waals surface area contributed by atoms with Crippen LogP contribution >= 0.6 is 0 Å². The topological polar surface area (TPSA) is 23.6 Å². The van der Waals surface area contributed by atoms with Crippen LogP contribution in [0.5, 0.6) is 0 Å². The van der Waals surface area contributed by atoms with Gasteiger partial charge in [0.1, 0.15) is 6.54 Å². The summed E-state index contributed by atoms with van der Waals surface area (Å²) in [6.45, 7) is 1.95. The molecule has 0 aliphatic rings. The summed E-state index contributed by atoms with van der Waals surface area (Å²) in [5.41, 5.74) is 0.976. The zero-order valence-corrected chi connectivity index (χ0v) is 11.4. The fourth-order valence-electron chi connectivity index (χ4n) is 1.69. The second-order valence-electron chi connectivity index (χ2n) is 4.53. The van der Waals surface area contributed by atoms with Crippen LogP contribution < -0.4 is 4.90 Å². The molecule has 1 rings (SSSR count). The maximum atomic E-state index is 12.5. The molecule has 0 fully saturated rings. The Morgan fingerprint density at radius 1 is 1.35 bits per heavy atom. The van der Waals surface area contributed by atoms with Crippen LogP contribution in [0.2, 0.25) is 0 Å². The molecule has 0 N–H and O–H groups in total. The molecule has 0 bridgehead atoms. The fraction of sp³-hybridized carbons (Fsp3) is 0.357. The van der Waals surface area contributed by atoms with Crippen LogP contribution in [0.25, 0.3) is 0 Å². The molecule has 1 aromatic rings. The zero-order chi connectivity index (χ0) is 15.3. The van der Waals surface area contributed by atoms with Crippen molar-refractivity contribution in [2.75, 3.05) is 32.1 Å². The molecule has 6 heteroatoms. The van der Waals surface area contributed by atoms with Gasteiger partial charge in [-0.05, 0) is 18.2 Å². The van der Waals surface area contributed by atoms with Crippen molar-refractivity contribution < 1.29 is 18.0 Å². The lowest BCUT2D eigenvalue weighted by atomic mass is 10.1. The van der Waals surface area contributed by atoms with Crippen molar-refractivity contribution in [1.29, 1.82) is 0 Å². The molecule has 0 aliphatic heterocycles. The lowest BCUT2D eigenvalue weighted by Crippen LogP contribution is -2.39. The third kappa shape index (κ3) is 4.60. The first-order valence-corrected chi connectivity index (χ1v) is 5.99. The molecule has 1 amide bonds. The van der Waals surface area contributed by atoms with Gasteiger partial charge in [-0.15, -0.1) is 6.58 Å². The van der Waals surface area contributed by atoms with E-state index in [4.69, 9.17) is 0 Å². The van der Waals surface area contributed by atoms with Crippen LogP contribution in [-0.2, 0) is 0 Å². The maximum absolute atomic E-state index is 12.5. The Balaban J connectivity index is 2.99. The van der Waals surface area contributed by atoms with Gasteiger partial charge in [-0.1, -0.05) is 12.1 Å². The molecule has 0 saturated heterocycles. The lowest BCUT2D eigenvalue weighted by Gasteiger charge is -2.23. The highest BCUT2D eigenvalue weighted by Gasteiger charge is 2.32. The van der Waals surface area contributed by atoms with Gasteiger partial charge in [-0.3, -0.25) is 4.79 Å². The van der Waals surface area contributed by atoms with E-state index in [1.54, 1.807) is 37.2 Å². The molecular formula is C14H17F3N2O. The molecule has 0 aromatic heterocycles. The Kier molecular flexibility index (Phi) is 5.19. The van der Waals surface area contributed by atoms with Gasteiger partial charge in [0.25, 0.3) is 5.91 Å². The van der Waals surface area contributed by atoms with Gasteiger partial charge < -0.3 is 9.80 Å². The lowest BCUT2D eigenvalue weighted by molar-refractivity contribution is -0.139. The number of carbonyl (C=O) groups is 1. The van der Waals surface area contributed by atoms with Gasteiger partial charge in [-0.25, -0.2) is 0 Å². The third-order valence-corrected chi connectivity index (χ3v) is 2.62. The molecular weight excluding hydrogens is 269 g/mol. The van der Waals surface area contributed by atoms with Crippen LogP contribution in [-0.4, -0.2) is 44.2 Å². The van der Waals surface area contributed by atoms with Crippen LogP contribution in [0.15, 0.2) is 36.9 Å². The van der Waals surface area contributed by atoms with E-state index in [2.05, 4.69) is 6.58 Å². The summed E-state index contributed by atoms with van der Waals surface area (Å²) in [7, 11) is 3.58. The largest absolute Gasteiger partial charge is 0.406 e. The Hall–Kier alpha value is -1.98. The van der Waals surface area contributed by atoms with Crippen molar-refractivity contribution in [2.24, 2.45) is 0 Å². The summed E-state index contributed by atoms with van der Waals surface area (Å²) in [6, 6.07) is 6.48. The molecule has 3 nitrogen and oxygen atoms in total. The van der Waals surface area contributed by atoms with Crippen LogP contribution in [0.3, 0.4) is 0 Å². The highest BCUT2D eigenvalue weighted by atomic mass is 19.4. The molecule has 0 atom stereocenters. The van der Waals surface area contributed by atoms with Gasteiger partial charge in [0.15, 0.2) is 0 Å². The zero-order valence-electron chi connectivity index (χ0n) is 11.4. The molecule has 1 aromatic carbocycles. The summed E-state index contributed by atoms with van der Waals surface area (Å²) < 4.78 is 37.4. The predicted octanol–water partition coefficient (Wildman–Crippen LogP) is 2.94. The number of benzene rings is 1. The summed E-state index contributed by atoms with van der Waals surface area (Å²) in [4.78, 5) is 14.6. The molecule has 110 valence electrons. The minimum Gasteiger partial charge on any atom is -0.378 e. The van der Waals surface area contributed by atoms with Crippen molar-refractivity contribution in [3.05, 3.63) is 42.5 Å². The first kappa shape index (κ1) is 16.1. The standard InChI is InChI=1S/C14H17F3N2O/c1-4-8-19(10-14(15,16)17)13(20)11-6-5-7-12(9-11)18(2)3/h4-7,9H,1,8,10H2,2-3H3. The Bertz CT molecular complexity index is 484. The number of alkyl halides is 3. The second kappa shape index (κ2) is 6.45. The summed E-state index contributed by atoms with van der Waals surface area (Å²) in [5, 5.41) is 0. The monoisotopic (exact) mass is 286 g/mol. The molecule has 0 spiro atoms. The van der Waals surface area contributed by atoms with Gasteiger partial charge in [-0.2, -0.15) is 13.2 Å². The third-order valence-electron chi connectivity index (χ3n) is 2.62. The Morgan fingerprint density at radius 3 is 2.50 bits per heavy atom. The SMILES string of the molecule is C=CCN(CC(F)(F)F)C(=O)c1cccc(N(C)C)c1. The molecule has 0 heterocycles. The van der Waals surface area contributed by atoms with Crippen molar-refractivity contribution >= 4 is 11.6 Å². The van der Waals surface area contributed by atoms with Crippen molar-refractivity contribution in [2.45, 2.75) is 6.18 Å². The molecule has 0 radical (unpaired) electrons. The van der Waals surface area contributed by atoms with E-state index in [0.29, 0.717) is 0 Å². The molecule has 20 heavy (non-hydrogen) atoms. The summed E-state index contributed by atoms with van der Waals surface area (Å²) >= 11 is 0. The normalized spacial score (nSPS) is 11.1. The van der Waals surface area contributed by atoms with Crippen LogP contribution in [0, 0.1) is 0 Å². The highest BCUT2D eigenvalue weighted by molar-refractivity contribution is 5.95. The van der Waals surface area contributed by atoms with E-state index in [0.717, 1.165) is 10.6 Å². The number of hydrogen-bond donors (Lipinski definition) is 0.